The number of anilines is 1. The number of aromatic nitrogens is 3. The van der Waals surface area contributed by atoms with Gasteiger partial charge in [0.25, 0.3) is 5.56 Å². The number of para-hydroxylation sites is 1. The molecular weight excluding hydrogens is 248 g/mol. The Morgan fingerprint density at radius 1 is 1.17 bits per heavy atom. The van der Waals surface area contributed by atoms with Crippen LogP contribution in [-0.2, 0) is 0 Å². The minimum atomic E-state index is -0.291. The first-order valence-electron chi connectivity index (χ1n) is 5.35. The Hall–Kier alpha value is -2.34. The third-order valence-electron chi connectivity index (χ3n) is 2.83. The maximum absolute atomic E-state index is 12.0. The quantitative estimate of drug-likeness (QED) is 0.504. The van der Waals surface area contributed by atoms with Crippen molar-refractivity contribution in [1.82, 2.24) is 15.0 Å². The van der Waals surface area contributed by atoms with Crippen molar-refractivity contribution in [3.05, 3.63) is 45.6 Å². The Labute approximate surface area is 107 Å². The van der Waals surface area contributed by atoms with Gasteiger partial charge in [0.15, 0.2) is 4.77 Å². The topological polar surface area (TPSA) is 90.5 Å². The first-order chi connectivity index (χ1) is 8.66. The SMILES string of the molecule is Nc1[nH]c(=S)[nH]c(=O)c1-c1c[nH]c2ccccc12. The first-order valence-corrected chi connectivity index (χ1v) is 5.76. The minimum Gasteiger partial charge on any atom is -0.385 e. The maximum Gasteiger partial charge on any atom is 0.261 e. The van der Waals surface area contributed by atoms with Crippen LogP contribution in [0, 0.1) is 4.77 Å². The number of benzene rings is 1. The summed E-state index contributed by atoms with van der Waals surface area (Å²) in [7, 11) is 0. The molecular formula is C12H10N4OS. The maximum atomic E-state index is 12.0. The second-order valence-corrected chi connectivity index (χ2v) is 4.35. The third-order valence-corrected chi connectivity index (χ3v) is 3.03. The summed E-state index contributed by atoms with van der Waals surface area (Å²) in [5, 5.41) is 0.945. The van der Waals surface area contributed by atoms with E-state index in [0.717, 1.165) is 16.5 Å². The summed E-state index contributed by atoms with van der Waals surface area (Å²) < 4.78 is 0.223. The zero-order valence-corrected chi connectivity index (χ0v) is 10.1. The van der Waals surface area contributed by atoms with Gasteiger partial charge in [-0.15, -0.1) is 0 Å². The van der Waals surface area contributed by atoms with Crippen molar-refractivity contribution in [2.24, 2.45) is 0 Å². The van der Waals surface area contributed by atoms with Crippen LogP contribution in [0.15, 0.2) is 35.3 Å². The lowest BCUT2D eigenvalue weighted by atomic mass is 10.1. The smallest absolute Gasteiger partial charge is 0.261 e. The van der Waals surface area contributed by atoms with E-state index in [-0.39, 0.29) is 16.1 Å². The number of hydrogen-bond donors (Lipinski definition) is 4. The molecule has 6 heteroatoms. The van der Waals surface area contributed by atoms with Crippen LogP contribution >= 0.6 is 12.2 Å². The van der Waals surface area contributed by atoms with Gasteiger partial charge in [-0.3, -0.25) is 9.78 Å². The number of rotatable bonds is 1. The average molecular weight is 258 g/mol. The summed E-state index contributed by atoms with van der Waals surface area (Å²) in [5.41, 5.74) is 7.67. The number of nitrogens with two attached hydrogens (primary N) is 1. The van der Waals surface area contributed by atoms with Gasteiger partial charge < -0.3 is 15.7 Å². The fourth-order valence-electron chi connectivity index (χ4n) is 2.05. The molecule has 5 nitrogen and oxygen atoms in total. The Morgan fingerprint density at radius 3 is 2.72 bits per heavy atom. The van der Waals surface area contributed by atoms with E-state index in [4.69, 9.17) is 18.0 Å². The number of nitrogens with one attached hydrogen (secondary N) is 3. The van der Waals surface area contributed by atoms with E-state index < -0.39 is 0 Å². The molecule has 0 radical (unpaired) electrons. The molecule has 0 aliphatic rings. The predicted molar refractivity (Wildman–Crippen MR) is 74.0 cm³/mol. The van der Waals surface area contributed by atoms with E-state index in [9.17, 15) is 4.79 Å². The molecule has 0 atom stereocenters. The van der Waals surface area contributed by atoms with Gasteiger partial charge in [-0.2, -0.15) is 0 Å². The lowest BCUT2D eigenvalue weighted by molar-refractivity contribution is 1.10. The number of fused-ring (bicyclic) bond motifs is 1. The Morgan fingerprint density at radius 2 is 1.94 bits per heavy atom. The molecule has 0 aliphatic heterocycles. The molecule has 0 unspecified atom stereocenters. The molecule has 3 aromatic rings. The second-order valence-electron chi connectivity index (χ2n) is 3.94. The van der Waals surface area contributed by atoms with Crippen LogP contribution in [0.5, 0.6) is 0 Å². The third kappa shape index (κ3) is 1.54. The molecule has 0 spiro atoms. The zero-order valence-electron chi connectivity index (χ0n) is 9.28. The number of H-pyrrole nitrogens is 3. The largest absolute Gasteiger partial charge is 0.385 e. The van der Waals surface area contributed by atoms with Crippen molar-refractivity contribution in [3.8, 4) is 11.1 Å². The summed E-state index contributed by atoms with van der Waals surface area (Å²) in [6, 6.07) is 7.71. The standard InChI is InChI=1S/C12H10N4OS/c13-10-9(11(17)16-12(18)15-10)7-5-14-8-4-2-1-3-6(7)8/h1-5,14H,(H4,13,15,16,17,18). The molecule has 5 N–H and O–H groups in total. The van der Waals surface area contributed by atoms with Crippen molar-refractivity contribution in [2.45, 2.75) is 0 Å². The van der Waals surface area contributed by atoms with Gasteiger partial charge in [0.2, 0.25) is 0 Å². The van der Waals surface area contributed by atoms with Crippen LogP contribution in [0.3, 0.4) is 0 Å². The molecule has 0 amide bonds. The van der Waals surface area contributed by atoms with E-state index in [2.05, 4.69) is 15.0 Å². The Bertz CT molecular complexity index is 843. The second kappa shape index (κ2) is 3.85. The van der Waals surface area contributed by atoms with Crippen LogP contribution in [0.25, 0.3) is 22.0 Å². The summed E-state index contributed by atoms with van der Waals surface area (Å²) in [4.78, 5) is 20.4. The highest BCUT2D eigenvalue weighted by Crippen LogP contribution is 2.28. The van der Waals surface area contributed by atoms with Gasteiger partial charge >= 0.3 is 0 Å². The van der Waals surface area contributed by atoms with E-state index in [1.807, 2.05) is 24.3 Å². The highest BCUT2D eigenvalue weighted by molar-refractivity contribution is 7.71. The molecule has 2 aromatic heterocycles. The fraction of sp³-hybridized carbons (Fsp3) is 0. The average Bonchev–Trinajstić information content (AvgIpc) is 2.72. The molecule has 18 heavy (non-hydrogen) atoms. The number of hydrogen-bond acceptors (Lipinski definition) is 3. The molecule has 1 aromatic carbocycles. The molecule has 0 bridgehead atoms. The van der Waals surface area contributed by atoms with Gasteiger partial charge in [-0.1, -0.05) is 18.2 Å². The van der Waals surface area contributed by atoms with E-state index in [0.29, 0.717) is 5.56 Å². The van der Waals surface area contributed by atoms with Gasteiger partial charge in [-0.25, -0.2) is 0 Å². The Kier molecular flexibility index (Phi) is 2.31. The van der Waals surface area contributed by atoms with Crippen molar-refractivity contribution >= 4 is 28.9 Å². The highest BCUT2D eigenvalue weighted by Gasteiger charge is 2.12. The normalized spacial score (nSPS) is 10.9. The predicted octanol–water partition coefficient (Wildman–Crippen LogP) is 2.16. The van der Waals surface area contributed by atoms with Crippen molar-refractivity contribution < 1.29 is 0 Å². The summed E-state index contributed by atoms with van der Waals surface area (Å²) in [6.07, 6.45) is 1.77. The molecule has 0 saturated carbocycles. The van der Waals surface area contributed by atoms with Crippen molar-refractivity contribution in [1.29, 1.82) is 0 Å². The van der Waals surface area contributed by atoms with Crippen LogP contribution in [-0.4, -0.2) is 15.0 Å². The molecule has 0 fully saturated rings. The van der Waals surface area contributed by atoms with Gasteiger partial charge in [-0.05, 0) is 18.3 Å². The summed E-state index contributed by atoms with van der Waals surface area (Å²) in [6.45, 7) is 0. The molecule has 0 saturated heterocycles. The van der Waals surface area contributed by atoms with Gasteiger partial charge in [0, 0.05) is 22.7 Å². The zero-order chi connectivity index (χ0) is 12.7. The first kappa shape index (κ1) is 10.8. The van der Waals surface area contributed by atoms with Crippen LogP contribution in [0.2, 0.25) is 0 Å². The molecule has 2 heterocycles. The molecule has 3 rings (SSSR count). The van der Waals surface area contributed by atoms with Gasteiger partial charge in [0.05, 0.1) is 5.56 Å². The number of nitrogen functional groups attached to an aromatic ring is 1. The summed E-state index contributed by atoms with van der Waals surface area (Å²) in [5.74, 6) is 0.272. The summed E-state index contributed by atoms with van der Waals surface area (Å²) >= 11 is 4.87. The van der Waals surface area contributed by atoms with Crippen LogP contribution < -0.4 is 11.3 Å². The van der Waals surface area contributed by atoms with Crippen LogP contribution in [0.1, 0.15) is 0 Å². The van der Waals surface area contributed by atoms with Crippen LogP contribution in [0.4, 0.5) is 5.82 Å². The van der Waals surface area contributed by atoms with Gasteiger partial charge in [0.1, 0.15) is 5.82 Å². The fourth-order valence-corrected chi connectivity index (χ4v) is 2.25. The lowest BCUT2D eigenvalue weighted by Crippen LogP contribution is -2.13. The van der Waals surface area contributed by atoms with E-state index in [1.54, 1.807) is 6.20 Å². The molecule has 0 aliphatic carbocycles. The van der Waals surface area contributed by atoms with E-state index >= 15 is 0 Å². The van der Waals surface area contributed by atoms with Crippen molar-refractivity contribution in [3.63, 3.8) is 0 Å². The minimum absolute atomic E-state index is 0.223. The highest BCUT2D eigenvalue weighted by atomic mass is 32.1. The Balaban J connectivity index is 2.40. The van der Waals surface area contributed by atoms with E-state index in [1.165, 1.54) is 0 Å². The monoisotopic (exact) mass is 258 g/mol. The molecule has 90 valence electrons. The van der Waals surface area contributed by atoms with Crippen molar-refractivity contribution in [2.75, 3.05) is 5.73 Å². The number of aromatic amines is 3. The lowest BCUT2D eigenvalue weighted by Gasteiger charge is -2.02.